The van der Waals surface area contributed by atoms with Crippen molar-refractivity contribution in [3.63, 3.8) is 0 Å². The maximum absolute atomic E-state index is 13.7. The molecule has 6 heteroatoms. The topological polar surface area (TPSA) is 54.9 Å². The first kappa shape index (κ1) is 22.3. The van der Waals surface area contributed by atoms with E-state index in [9.17, 15) is 4.79 Å². The van der Waals surface area contributed by atoms with Crippen LogP contribution in [0.5, 0.6) is 11.5 Å². The number of hydrogen-bond donors (Lipinski definition) is 0. The Morgan fingerprint density at radius 1 is 0.861 bits per heavy atom. The fourth-order valence-corrected chi connectivity index (χ4v) is 4.76. The average molecular weight is 478 g/mol. The molecule has 2 aliphatic rings. The molecule has 0 unspecified atom stereocenters. The van der Waals surface area contributed by atoms with Gasteiger partial charge in [0.2, 0.25) is 6.79 Å². The van der Waals surface area contributed by atoms with E-state index >= 15 is 0 Å². The van der Waals surface area contributed by atoms with E-state index in [1.165, 1.54) is 5.56 Å². The van der Waals surface area contributed by atoms with Crippen LogP contribution in [0.25, 0.3) is 28.2 Å². The van der Waals surface area contributed by atoms with Gasteiger partial charge in [-0.1, -0.05) is 60.7 Å². The fraction of sp³-hybridized carbons (Fsp3) is 0.200. The molecule has 1 fully saturated rings. The molecule has 1 amide bonds. The largest absolute Gasteiger partial charge is 0.454 e. The van der Waals surface area contributed by atoms with E-state index in [-0.39, 0.29) is 12.7 Å². The number of carbonyl (C=O) groups excluding carboxylic acids is 1. The van der Waals surface area contributed by atoms with E-state index in [1.807, 2.05) is 71.6 Å². The molecule has 0 atom stereocenters. The van der Waals surface area contributed by atoms with Crippen LogP contribution in [0.1, 0.15) is 15.9 Å². The molecule has 0 aliphatic carbocycles. The Kier molecular flexibility index (Phi) is 6.10. The predicted molar refractivity (Wildman–Crippen MR) is 141 cm³/mol. The number of nitrogens with zero attached hydrogens (tertiary/aromatic N) is 3. The SMILES string of the molecule is O=C(c1cc(-c2ccc3c(c2)OCO3)nc2ccccc12)N1CCN(C/C=C/c2ccccc2)CC1. The molecule has 1 aromatic heterocycles. The van der Waals surface area contributed by atoms with Gasteiger partial charge in [0, 0.05) is 43.7 Å². The third-order valence-corrected chi connectivity index (χ3v) is 6.75. The van der Waals surface area contributed by atoms with Gasteiger partial charge in [-0.3, -0.25) is 9.69 Å². The van der Waals surface area contributed by atoms with Gasteiger partial charge in [-0.05, 0) is 35.9 Å². The van der Waals surface area contributed by atoms with Gasteiger partial charge in [0.15, 0.2) is 11.5 Å². The van der Waals surface area contributed by atoms with Crippen LogP contribution >= 0.6 is 0 Å². The van der Waals surface area contributed by atoms with Crippen LogP contribution in [0.3, 0.4) is 0 Å². The molecule has 1 saturated heterocycles. The standard InChI is InChI=1S/C30H27N3O3/c34-30(33-17-15-32(16-18-33)14-6-9-22-7-2-1-3-8-22)25-20-27(31-26-11-5-4-10-24(25)26)23-12-13-28-29(19-23)36-21-35-28/h1-13,19-20H,14-18,21H2/b9-6+. The lowest BCUT2D eigenvalue weighted by atomic mass is 10.0. The summed E-state index contributed by atoms with van der Waals surface area (Å²) in [6.07, 6.45) is 4.35. The molecule has 0 radical (unpaired) electrons. The van der Waals surface area contributed by atoms with Gasteiger partial charge in [-0.15, -0.1) is 0 Å². The number of para-hydroxylation sites is 1. The summed E-state index contributed by atoms with van der Waals surface area (Å²) in [5.41, 5.74) is 4.34. The summed E-state index contributed by atoms with van der Waals surface area (Å²) in [6.45, 7) is 4.21. The number of piperazine rings is 1. The van der Waals surface area contributed by atoms with Crippen molar-refractivity contribution < 1.29 is 14.3 Å². The van der Waals surface area contributed by atoms with Crippen molar-refractivity contribution >= 4 is 22.9 Å². The Morgan fingerprint density at radius 3 is 2.50 bits per heavy atom. The number of fused-ring (bicyclic) bond motifs is 2. The first-order valence-electron chi connectivity index (χ1n) is 12.3. The van der Waals surface area contributed by atoms with Crippen LogP contribution in [0.4, 0.5) is 0 Å². The first-order chi connectivity index (χ1) is 17.7. The third kappa shape index (κ3) is 4.55. The Balaban J connectivity index is 1.20. The van der Waals surface area contributed by atoms with Crippen LogP contribution in [-0.4, -0.2) is 60.2 Å². The molecule has 0 spiro atoms. The molecule has 0 saturated carbocycles. The van der Waals surface area contributed by atoms with Crippen molar-refractivity contribution in [2.75, 3.05) is 39.5 Å². The summed E-state index contributed by atoms with van der Waals surface area (Å²) in [7, 11) is 0. The minimum atomic E-state index is 0.0510. The zero-order valence-electron chi connectivity index (χ0n) is 20.0. The Labute approximate surface area is 210 Å². The number of ether oxygens (including phenoxy) is 2. The van der Waals surface area contributed by atoms with Gasteiger partial charge in [0.25, 0.3) is 5.91 Å². The number of pyridine rings is 1. The minimum Gasteiger partial charge on any atom is -0.454 e. The lowest BCUT2D eigenvalue weighted by molar-refractivity contribution is 0.0652. The molecule has 6 rings (SSSR count). The number of hydrogen-bond acceptors (Lipinski definition) is 5. The van der Waals surface area contributed by atoms with Crippen molar-refractivity contribution in [2.24, 2.45) is 0 Å². The van der Waals surface area contributed by atoms with Gasteiger partial charge in [0.1, 0.15) is 0 Å². The summed E-state index contributed by atoms with van der Waals surface area (Å²) < 4.78 is 11.0. The minimum absolute atomic E-state index is 0.0510. The number of rotatable bonds is 5. The van der Waals surface area contributed by atoms with Gasteiger partial charge < -0.3 is 14.4 Å². The van der Waals surface area contributed by atoms with Crippen molar-refractivity contribution in [3.05, 3.63) is 96.1 Å². The number of benzene rings is 3. The zero-order valence-corrected chi connectivity index (χ0v) is 20.0. The van der Waals surface area contributed by atoms with Crippen molar-refractivity contribution in [1.29, 1.82) is 0 Å². The molecule has 2 aliphatic heterocycles. The van der Waals surface area contributed by atoms with Crippen molar-refractivity contribution in [2.45, 2.75) is 0 Å². The van der Waals surface area contributed by atoms with Crippen LogP contribution < -0.4 is 9.47 Å². The van der Waals surface area contributed by atoms with Crippen LogP contribution in [0.2, 0.25) is 0 Å². The quantitative estimate of drug-likeness (QED) is 0.400. The maximum Gasteiger partial charge on any atom is 0.254 e. The summed E-state index contributed by atoms with van der Waals surface area (Å²) in [5, 5.41) is 0.875. The van der Waals surface area contributed by atoms with E-state index in [0.717, 1.165) is 47.5 Å². The molecular weight excluding hydrogens is 450 g/mol. The molecule has 3 heterocycles. The molecule has 0 N–H and O–H groups in total. The normalized spacial score (nSPS) is 15.6. The molecular formula is C30H27N3O3. The molecule has 6 nitrogen and oxygen atoms in total. The predicted octanol–water partition coefficient (Wildman–Crippen LogP) is 5.10. The molecule has 36 heavy (non-hydrogen) atoms. The summed E-state index contributed by atoms with van der Waals surface area (Å²) in [5.74, 6) is 1.48. The Hall–Kier alpha value is -4.16. The smallest absolute Gasteiger partial charge is 0.254 e. The second-order valence-corrected chi connectivity index (χ2v) is 9.05. The highest BCUT2D eigenvalue weighted by molar-refractivity contribution is 6.07. The highest BCUT2D eigenvalue weighted by atomic mass is 16.7. The molecule has 180 valence electrons. The molecule has 3 aromatic carbocycles. The van der Waals surface area contributed by atoms with Crippen molar-refractivity contribution in [1.82, 2.24) is 14.8 Å². The monoisotopic (exact) mass is 477 g/mol. The first-order valence-corrected chi connectivity index (χ1v) is 12.3. The average Bonchev–Trinajstić information content (AvgIpc) is 3.41. The van der Waals surface area contributed by atoms with Gasteiger partial charge >= 0.3 is 0 Å². The third-order valence-electron chi connectivity index (χ3n) is 6.75. The van der Waals surface area contributed by atoms with Gasteiger partial charge in [-0.25, -0.2) is 4.98 Å². The number of carbonyl (C=O) groups is 1. The fourth-order valence-electron chi connectivity index (χ4n) is 4.76. The van der Waals surface area contributed by atoms with Crippen LogP contribution in [-0.2, 0) is 0 Å². The molecule has 0 bridgehead atoms. The maximum atomic E-state index is 13.7. The van der Waals surface area contributed by atoms with Crippen LogP contribution in [0, 0.1) is 0 Å². The van der Waals surface area contributed by atoms with E-state index in [2.05, 4.69) is 29.2 Å². The zero-order chi connectivity index (χ0) is 24.3. The van der Waals surface area contributed by atoms with Crippen molar-refractivity contribution in [3.8, 4) is 22.8 Å². The highest BCUT2D eigenvalue weighted by Crippen LogP contribution is 2.36. The molecule has 4 aromatic rings. The van der Waals surface area contributed by atoms with Crippen LogP contribution in [0.15, 0.2) is 84.9 Å². The number of aromatic nitrogens is 1. The lowest BCUT2D eigenvalue weighted by Crippen LogP contribution is -2.48. The second kappa shape index (κ2) is 9.84. The van der Waals surface area contributed by atoms with E-state index < -0.39 is 0 Å². The van der Waals surface area contributed by atoms with E-state index in [0.29, 0.717) is 24.4 Å². The van der Waals surface area contributed by atoms with Gasteiger partial charge in [-0.2, -0.15) is 0 Å². The summed E-state index contributed by atoms with van der Waals surface area (Å²) in [4.78, 5) is 22.9. The van der Waals surface area contributed by atoms with Gasteiger partial charge in [0.05, 0.1) is 16.8 Å². The van der Waals surface area contributed by atoms with E-state index in [4.69, 9.17) is 14.5 Å². The Bertz CT molecular complexity index is 1430. The summed E-state index contributed by atoms with van der Waals surface area (Å²) in [6, 6.07) is 25.9. The summed E-state index contributed by atoms with van der Waals surface area (Å²) >= 11 is 0. The lowest BCUT2D eigenvalue weighted by Gasteiger charge is -2.34. The second-order valence-electron chi connectivity index (χ2n) is 9.05. The Morgan fingerprint density at radius 2 is 1.64 bits per heavy atom. The van der Waals surface area contributed by atoms with E-state index in [1.54, 1.807) is 0 Å². The highest BCUT2D eigenvalue weighted by Gasteiger charge is 2.24. The number of amides is 1.